The molecule has 1 fully saturated rings. The first-order chi connectivity index (χ1) is 11.0. The summed E-state index contributed by atoms with van der Waals surface area (Å²) >= 11 is 3.57. The van der Waals surface area contributed by atoms with Gasteiger partial charge in [0.2, 0.25) is 0 Å². The Labute approximate surface area is 142 Å². The minimum absolute atomic E-state index is 0.133. The van der Waals surface area contributed by atoms with Crippen molar-refractivity contribution < 1.29 is 9.90 Å². The third-order valence-corrected chi connectivity index (χ3v) is 4.62. The SMILES string of the molecule is CC(O)C(=O)Nc1c[nH]c2ncc(Br)c(N3CCCC(N)C3)c12. The summed E-state index contributed by atoms with van der Waals surface area (Å²) in [6.45, 7) is 3.09. The van der Waals surface area contributed by atoms with Gasteiger partial charge in [-0.1, -0.05) is 0 Å². The average molecular weight is 382 g/mol. The first kappa shape index (κ1) is 16.2. The number of carbonyl (C=O) groups excluding carboxylic acids is 1. The number of rotatable bonds is 3. The number of piperidine rings is 1. The average Bonchev–Trinajstić information content (AvgIpc) is 2.90. The van der Waals surface area contributed by atoms with Gasteiger partial charge in [-0.2, -0.15) is 0 Å². The smallest absolute Gasteiger partial charge is 0.252 e. The van der Waals surface area contributed by atoms with E-state index in [1.807, 2.05) is 0 Å². The molecule has 2 atom stereocenters. The zero-order valence-corrected chi connectivity index (χ0v) is 14.4. The van der Waals surface area contributed by atoms with E-state index in [1.165, 1.54) is 6.92 Å². The molecule has 3 rings (SSSR count). The molecule has 1 saturated heterocycles. The number of amides is 1. The molecule has 124 valence electrons. The molecule has 5 N–H and O–H groups in total. The van der Waals surface area contributed by atoms with E-state index in [4.69, 9.17) is 5.73 Å². The molecule has 3 heterocycles. The Morgan fingerprint density at radius 2 is 2.43 bits per heavy atom. The Morgan fingerprint density at radius 1 is 1.65 bits per heavy atom. The number of fused-ring (bicyclic) bond motifs is 1. The van der Waals surface area contributed by atoms with E-state index in [2.05, 4.69) is 36.1 Å². The van der Waals surface area contributed by atoms with E-state index < -0.39 is 12.0 Å². The van der Waals surface area contributed by atoms with Gasteiger partial charge in [0.25, 0.3) is 5.91 Å². The summed E-state index contributed by atoms with van der Waals surface area (Å²) in [4.78, 5) is 21.5. The molecule has 7 nitrogen and oxygen atoms in total. The van der Waals surface area contributed by atoms with Crippen LogP contribution < -0.4 is 16.0 Å². The van der Waals surface area contributed by atoms with Crippen molar-refractivity contribution in [1.82, 2.24) is 9.97 Å². The van der Waals surface area contributed by atoms with Gasteiger partial charge < -0.3 is 26.0 Å². The lowest BCUT2D eigenvalue weighted by atomic mass is 10.1. The standard InChI is InChI=1S/C15H20BrN5O2/c1-8(22)15(23)20-11-6-19-14-12(11)13(10(16)5-18-14)21-4-2-3-9(17)7-21/h5-6,8-9,22H,2-4,7,17H2,1H3,(H,18,19)(H,20,23). The second-order valence-corrected chi connectivity index (χ2v) is 6.75. The van der Waals surface area contributed by atoms with Gasteiger partial charge >= 0.3 is 0 Å². The number of nitrogens with one attached hydrogen (secondary N) is 2. The van der Waals surface area contributed by atoms with Gasteiger partial charge in [0.15, 0.2) is 0 Å². The molecule has 0 spiro atoms. The van der Waals surface area contributed by atoms with Gasteiger partial charge in [0.05, 0.1) is 21.2 Å². The number of aliphatic hydroxyl groups excluding tert-OH is 1. The van der Waals surface area contributed by atoms with E-state index >= 15 is 0 Å². The number of anilines is 2. The van der Waals surface area contributed by atoms with Gasteiger partial charge in [-0.15, -0.1) is 0 Å². The molecule has 8 heteroatoms. The Bertz CT molecular complexity index is 730. The fourth-order valence-electron chi connectivity index (χ4n) is 2.91. The van der Waals surface area contributed by atoms with Crippen molar-refractivity contribution in [2.24, 2.45) is 5.73 Å². The highest BCUT2D eigenvalue weighted by molar-refractivity contribution is 9.10. The molecule has 0 aliphatic carbocycles. The maximum absolute atomic E-state index is 11.8. The monoisotopic (exact) mass is 381 g/mol. The number of nitrogens with two attached hydrogens (primary N) is 1. The number of pyridine rings is 1. The summed E-state index contributed by atoms with van der Waals surface area (Å²) in [7, 11) is 0. The number of hydrogen-bond donors (Lipinski definition) is 4. The fraction of sp³-hybridized carbons (Fsp3) is 0.467. The van der Waals surface area contributed by atoms with Crippen LogP contribution in [0.5, 0.6) is 0 Å². The summed E-state index contributed by atoms with van der Waals surface area (Å²) in [5.41, 5.74) is 8.36. The van der Waals surface area contributed by atoms with E-state index in [0.29, 0.717) is 11.3 Å². The van der Waals surface area contributed by atoms with Crippen molar-refractivity contribution in [1.29, 1.82) is 0 Å². The number of H-pyrrole nitrogens is 1. The second-order valence-electron chi connectivity index (χ2n) is 5.89. The van der Waals surface area contributed by atoms with Crippen LogP contribution in [-0.2, 0) is 4.79 Å². The normalized spacial score (nSPS) is 19.8. The van der Waals surface area contributed by atoms with Crippen LogP contribution in [0.2, 0.25) is 0 Å². The summed E-state index contributed by atoms with van der Waals surface area (Å²) in [5.74, 6) is -0.452. The summed E-state index contributed by atoms with van der Waals surface area (Å²) < 4.78 is 0.853. The van der Waals surface area contributed by atoms with Crippen molar-refractivity contribution >= 4 is 44.2 Å². The maximum Gasteiger partial charge on any atom is 0.252 e. The molecule has 2 aromatic heterocycles. The molecule has 23 heavy (non-hydrogen) atoms. The molecule has 0 radical (unpaired) electrons. The number of aromatic nitrogens is 2. The van der Waals surface area contributed by atoms with Crippen LogP contribution in [-0.4, -0.2) is 46.2 Å². The molecule has 1 aliphatic heterocycles. The van der Waals surface area contributed by atoms with Crippen LogP contribution in [0.3, 0.4) is 0 Å². The van der Waals surface area contributed by atoms with Gasteiger partial charge in [-0.25, -0.2) is 4.98 Å². The highest BCUT2D eigenvalue weighted by Gasteiger charge is 2.24. The zero-order valence-electron chi connectivity index (χ0n) is 12.8. The van der Waals surface area contributed by atoms with Crippen molar-refractivity contribution in [2.75, 3.05) is 23.3 Å². The van der Waals surface area contributed by atoms with Crippen LogP contribution in [0.15, 0.2) is 16.9 Å². The molecular weight excluding hydrogens is 362 g/mol. The third-order valence-electron chi connectivity index (χ3n) is 4.04. The fourth-order valence-corrected chi connectivity index (χ4v) is 3.47. The lowest BCUT2D eigenvalue weighted by Crippen LogP contribution is -2.43. The third kappa shape index (κ3) is 3.19. The molecule has 0 aromatic carbocycles. The molecule has 0 saturated carbocycles. The minimum atomic E-state index is -1.08. The number of hydrogen-bond acceptors (Lipinski definition) is 5. The van der Waals surface area contributed by atoms with Crippen molar-refractivity contribution in [2.45, 2.75) is 31.9 Å². The molecule has 1 amide bonds. The van der Waals surface area contributed by atoms with Crippen LogP contribution in [0.1, 0.15) is 19.8 Å². The summed E-state index contributed by atoms with van der Waals surface area (Å²) in [5, 5.41) is 13.0. The Hall–Kier alpha value is -1.64. The molecule has 2 unspecified atom stereocenters. The van der Waals surface area contributed by atoms with Crippen molar-refractivity contribution in [3.05, 3.63) is 16.9 Å². The topological polar surface area (TPSA) is 107 Å². The Balaban J connectivity index is 2.06. The minimum Gasteiger partial charge on any atom is -0.384 e. The number of halogens is 1. The predicted octanol–water partition coefficient (Wildman–Crippen LogP) is 1.57. The van der Waals surface area contributed by atoms with Gasteiger partial charge in [-0.05, 0) is 35.7 Å². The van der Waals surface area contributed by atoms with Gasteiger partial charge in [-0.3, -0.25) is 4.79 Å². The second kappa shape index (κ2) is 6.46. The number of aromatic amines is 1. The largest absolute Gasteiger partial charge is 0.384 e. The van der Waals surface area contributed by atoms with E-state index in [1.54, 1.807) is 12.4 Å². The van der Waals surface area contributed by atoms with E-state index in [9.17, 15) is 9.90 Å². The number of carbonyl (C=O) groups is 1. The first-order valence-electron chi connectivity index (χ1n) is 7.62. The van der Waals surface area contributed by atoms with Crippen LogP contribution in [0, 0.1) is 0 Å². The zero-order chi connectivity index (χ0) is 16.6. The molecule has 0 bridgehead atoms. The number of aliphatic hydroxyl groups is 1. The lowest BCUT2D eigenvalue weighted by Gasteiger charge is -2.33. The highest BCUT2D eigenvalue weighted by atomic mass is 79.9. The van der Waals surface area contributed by atoms with E-state index in [0.717, 1.165) is 41.5 Å². The molecule has 1 aliphatic rings. The van der Waals surface area contributed by atoms with Crippen LogP contribution >= 0.6 is 15.9 Å². The van der Waals surface area contributed by atoms with Crippen LogP contribution in [0.25, 0.3) is 11.0 Å². The predicted molar refractivity (Wildman–Crippen MR) is 93.5 cm³/mol. The van der Waals surface area contributed by atoms with Gasteiger partial charge in [0, 0.05) is 31.5 Å². The first-order valence-corrected chi connectivity index (χ1v) is 8.41. The summed E-state index contributed by atoms with van der Waals surface area (Å²) in [6.07, 6.45) is 4.40. The van der Waals surface area contributed by atoms with Crippen LogP contribution in [0.4, 0.5) is 11.4 Å². The summed E-state index contributed by atoms with van der Waals surface area (Å²) in [6, 6.07) is 0.133. The molecule has 2 aromatic rings. The Morgan fingerprint density at radius 3 is 3.13 bits per heavy atom. The Kier molecular flexibility index (Phi) is 4.56. The maximum atomic E-state index is 11.8. The quantitative estimate of drug-likeness (QED) is 0.645. The number of nitrogens with zero attached hydrogens (tertiary/aromatic N) is 2. The van der Waals surface area contributed by atoms with Gasteiger partial charge in [0.1, 0.15) is 11.8 Å². The molecular formula is C15H20BrN5O2. The van der Waals surface area contributed by atoms with Crippen molar-refractivity contribution in [3.8, 4) is 0 Å². The highest BCUT2D eigenvalue weighted by Crippen LogP contribution is 2.38. The van der Waals surface area contributed by atoms with E-state index in [-0.39, 0.29) is 6.04 Å². The lowest BCUT2D eigenvalue weighted by molar-refractivity contribution is -0.123. The van der Waals surface area contributed by atoms with Crippen molar-refractivity contribution in [3.63, 3.8) is 0 Å².